The van der Waals surface area contributed by atoms with E-state index in [1.54, 1.807) is 6.07 Å². The van der Waals surface area contributed by atoms with Crippen LogP contribution in [-0.4, -0.2) is 57.9 Å². The summed E-state index contributed by atoms with van der Waals surface area (Å²) in [4.78, 5) is 8.68. The number of fused-ring (bicyclic) bond motifs is 1. The van der Waals surface area contributed by atoms with Gasteiger partial charge in [0, 0.05) is 31.6 Å². The molecule has 2 heterocycles. The number of likely N-dealkylation sites (N-methyl/N-ethyl adjacent to an activating group) is 1. The highest BCUT2D eigenvalue weighted by Crippen LogP contribution is 2.30. The molecule has 1 N–H and O–H groups in total. The smallest absolute Gasteiger partial charge is 0.406 e. The highest BCUT2D eigenvalue weighted by Gasteiger charge is 2.31. The van der Waals surface area contributed by atoms with Crippen LogP contribution in [-0.2, 0) is 10.0 Å². The second-order valence-corrected chi connectivity index (χ2v) is 9.15. The van der Waals surface area contributed by atoms with Gasteiger partial charge in [0.05, 0.1) is 4.90 Å². The quantitative estimate of drug-likeness (QED) is 0.618. The van der Waals surface area contributed by atoms with E-state index >= 15 is 0 Å². The molecule has 1 aromatic heterocycles. The number of hydrogen-bond donors (Lipinski definition) is 1. The summed E-state index contributed by atoms with van der Waals surface area (Å²) in [5.74, 6) is 0.314. The molecule has 0 amide bonds. The van der Waals surface area contributed by atoms with Crippen molar-refractivity contribution >= 4 is 32.4 Å². The molecule has 3 aromatic rings. The maximum absolute atomic E-state index is 12.8. The van der Waals surface area contributed by atoms with Crippen molar-refractivity contribution in [2.75, 3.05) is 42.8 Å². The number of halogens is 3. The minimum atomic E-state index is -4.85. The van der Waals surface area contributed by atoms with E-state index in [0.717, 1.165) is 61.2 Å². The summed E-state index contributed by atoms with van der Waals surface area (Å²) >= 11 is 0. The summed E-state index contributed by atoms with van der Waals surface area (Å²) in [5, 5.41) is 1.73. The lowest BCUT2D eigenvalue weighted by Crippen LogP contribution is -2.45. The molecule has 0 saturated carbocycles. The monoisotopic (exact) mass is 466 g/mol. The Morgan fingerprint density at radius 3 is 2.31 bits per heavy atom. The third kappa shape index (κ3) is 5.05. The maximum atomic E-state index is 12.8. The Labute approximate surface area is 183 Å². The van der Waals surface area contributed by atoms with Crippen LogP contribution in [0.4, 0.5) is 24.8 Å². The van der Waals surface area contributed by atoms with Crippen LogP contribution in [0.25, 0.3) is 10.8 Å². The molecular formula is C21H21F3N4O3S. The van der Waals surface area contributed by atoms with Gasteiger partial charge in [0.2, 0.25) is 0 Å². The number of rotatable bonds is 5. The molecule has 0 spiro atoms. The summed E-state index contributed by atoms with van der Waals surface area (Å²) in [7, 11) is -2.03. The number of nitrogens with zero attached hydrogens (tertiary/aromatic N) is 3. The maximum Gasteiger partial charge on any atom is 0.573 e. The number of sulfonamides is 1. The Morgan fingerprint density at radius 1 is 1.00 bits per heavy atom. The number of piperazine rings is 1. The molecule has 0 aliphatic carbocycles. The van der Waals surface area contributed by atoms with E-state index < -0.39 is 22.1 Å². The molecule has 11 heteroatoms. The molecule has 4 rings (SSSR count). The molecule has 0 unspecified atom stereocenters. The number of alkyl halides is 3. The SMILES string of the molecule is CN1CCN(c2nc(NS(=O)(=O)c3ccc(OC(F)(F)F)cc3)cc3ccccc23)CC1. The van der Waals surface area contributed by atoms with Crippen LogP contribution in [0.3, 0.4) is 0 Å². The summed E-state index contributed by atoms with van der Waals surface area (Å²) < 4.78 is 68.9. The van der Waals surface area contributed by atoms with Crippen LogP contribution < -0.4 is 14.4 Å². The van der Waals surface area contributed by atoms with E-state index in [-0.39, 0.29) is 10.7 Å². The first-order valence-corrected chi connectivity index (χ1v) is 11.3. The average Bonchev–Trinajstić information content (AvgIpc) is 2.73. The molecule has 32 heavy (non-hydrogen) atoms. The van der Waals surface area contributed by atoms with Crippen LogP contribution >= 0.6 is 0 Å². The number of ether oxygens (including phenoxy) is 1. The molecule has 1 aliphatic rings. The molecule has 1 fully saturated rings. The van der Waals surface area contributed by atoms with E-state index in [4.69, 9.17) is 0 Å². The van der Waals surface area contributed by atoms with Gasteiger partial charge in [-0.2, -0.15) is 0 Å². The lowest BCUT2D eigenvalue weighted by Gasteiger charge is -2.34. The number of hydrogen-bond acceptors (Lipinski definition) is 6. The molecule has 1 aliphatic heterocycles. The largest absolute Gasteiger partial charge is 0.573 e. The zero-order chi connectivity index (χ0) is 22.9. The van der Waals surface area contributed by atoms with Gasteiger partial charge in [-0.25, -0.2) is 13.4 Å². The molecule has 7 nitrogen and oxygen atoms in total. The van der Waals surface area contributed by atoms with Crippen LogP contribution in [0, 0.1) is 0 Å². The molecule has 0 radical (unpaired) electrons. The van der Waals surface area contributed by atoms with Gasteiger partial charge in [-0.1, -0.05) is 24.3 Å². The Bertz CT molecular complexity index is 1210. The Kier molecular flexibility index (Phi) is 5.87. The molecule has 170 valence electrons. The zero-order valence-corrected chi connectivity index (χ0v) is 17.9. The lowest BCUT2D eigenvalue weighted by atomic mass is 10.1. The van der Waals surface area contributed by atoms with Crippen molar-refractivity contribution in [2.45, 2.75) is 11.3 Å². The van der Waals surface area contributed by atoms with E-state index in [1.807, 2.05) is 31.3 Å². The van der Waals surface area contributed by atoms with Gasteiger partial charge in [-0.3, -0.25) is 4.72 Å². The Morgan fingerprint density at radius 2 is 1.66 bits per heavy atom. The van der Waals surface area contributed by atoms with E-state index in [0.29, 0.717) is 5.82 Å². The van der Waals surface area contributed by atoms with Crippen molar-refractivity contribution in [3.8, 4) is 5.75 Å². The number of anilines is 2. The van der Waals surface area contributed by atoms with Gasteiger partial charge in [-0.15, -0.1) is 13.2 Å². The normalized spacial score (nSPS) is 15.7. The summed E-state index contributed by atoms with van der Waals surface area (Å²) in [5.41, 5.74) is 0. The van der Waals surface area contributed by atoms with Gasteiger partial charge in [0.15, 0.2) is 0 Å². The van der Waals surface area contributed by atoms with Gasteiger partial charge < -0.3 is 14.5 Å². The first kappa shape index (κ1) is 22.2. The van der Waals surface area contributed by atoms with Crippen LogP contribution in [0.5, 0.6) is 5.75 Å². The lowest BCUT2D eigenvalue weighted by molar-refractivity contribution is -0.274. The predicted molar refractivity (Wildman–Crippen MR) is 115 cm³/mol. The number of nitrogens with one attached hydrogen (secondary N) is 1. The topological polar surface area (TPSA) is 74.8 Å². The second-order valence-electron chi connectivity index (χ2n) is 7.47. The van der Waals surface area contributed by atoms with Gasteiger partial charge >= 0.3 is 6.36 Å². The molecule has 1 saturated heterocycles. The zero-order valence-electron chi connectivity index (χ0n) is 17.1. The molecular weight excluding hydrogens is 445 g/mol. The highest BCUT2D eigenvalue weighted by molar-refractivity contribution is 7.92. The Balaban J connectivity index is 1.63. The number of pyridine rings is 1. The molecule has 0 bridgehead atoms. The second kappa shape index (κ2) is 8.47. The summed E-state index contributed by atoms with van der Waals surface area (Å²) in [6, 6.07) is 13.2. The van der Waals surface area contributed by atoms with E-state index in [1.165, 1.54) is 0 Å². The first-order chi connectivity index (χ1) is 15.1. The number of benzene rings is 2. The van der Waals surface area contributed by atoms with Crippen LogP contribution in [0.15, 0.2) is 59.5 Å². The van der Waals surface area contributed by atoms with Gasteiger partial charge in [0.1, 0.15) is 17.4 Å². The first-order valence-electron chi connectivity index (χ1n) is 9.83. The number of aromatic nitrogens is 1. The van der Waals surface area contributed by atoms with Crippen LogP contribution in [0.1, 0.15) is 0 Å². The summed E-state index contributed by atoms with van der Waals surface area (Å²) in [6.45, 7) is 3.23. The van der Waals surface area contributed by atoms with Crippen molar-refractivity contribution < 1.29 is 26.3 Å². The van der Waals surface area contributed by atoms with Gasteiger partial charge in [-0.05, 0) is 42.8 Å². The standard InChI is InChI=1S/C21H21F3N4O3S/c1-27-10-12-28(13-11-27)20-18-5-3-2-4-15(18)14-19(25-20)26-32(29,30)17-8-6-16(7-9-17)31-21(22,23)24/h2-9,14H,10-13H2,1H3,(H,25,26). The third-order valence-corrected chi connectivity index (χ3v) is 6.50. The highest BCUT2D eigenvalue weighted by atomic mass is 32.2. The predicted octanol–water partition coefficient (Wildman–Crippen LogP) is 3.69. The van der Waals surface area contributed by atoms with Crippen molar-refractivity contribution in [3.63, 3.8) is 0 Å². The van der Waals surface area contributed by atoms with Crippen molar-refractivity contribution in [1.29, 1.82) is 0 Å². The average molecular weight is 466 g/mol. The fraction of sp³-hybridized carbons (Fsp3) is 0.286. The van der Waals surface area contributed by atoms with Crippen molar-refractivity contribution in [1.82, 2.24) is 9.88 Å². The molecule has 0 atom stereocenters. The van der Waals surface area contributed by atoms with Crippen LogP contribution in [0.2, 0.25) is 0 Å². The molecule has 2 aromatic carbocycles. The van der Waals surface area contributed by atoms with Crippen molar-refractivity contribution in [2.24, 2.45) is 0 Å². The minimum Gasteiger partial charge on any atom is -0.406 e. The third-order valence-electron chi connectivity index (χ3n) is 5.13. The van der Waals surface area contributed by atoms with E-state index in [2.05, 4.69) is 24.2 Å². The fourth-order valence-corrected chi connectivity index (χ4v) is 4.50. The fourth-order valence-electron chi connectivity index (χ4n) is 3.51. The van der Waals surface area contributed by atoms with Gasteiger partial charge in [0.25, 0.3) is 10.0 Å². The Hall–Kier alpha value is -3.05. The van der Waals surface area contributed by atoms with Crippen molar-refractivity contribution in [3.05, 3.63) is 54.6 Å². The van der Waals surface area contributed by atoms with E-state index in [9.17, 15) is 21.6 Å². The summed E-state index contributed by atoms with van der Waals surface area (Å²) in [6.07, 6.45) is -4.85. The minimum absolute atomic E-state index is 0.133.